The molecule has 13 heavy (non-hydrogen) atoms. The molecule has 0 aromatic carbocycles. The van der Waals surface area contributed by atoms with Crippen molar-refractivity contribution in [3.05, 3.63) is 0 Å². The summed E-state index contributed by atoms with van der Waals surface area (Å²) in [5.74, 6) is -0.265. The Morgan fingerprint density at radius 3 is 2.38 bits per heavy atom. The van der Waals surface area contributed by atoms with E-state index in [0.717, 1.165) is 0 Å². The van der Waals surface area contributed by atoms with Crippen LogP contribution in [0.15, 0.2) is 0 Å². The van der Waals surface area contributed by atoms with Gasteiger partial charge in [0.05, 0.1) is 0 Å². The molecular formula is C8H17N3O2. The topological polar surface area (TPSA) is 74.2 Å². The van der Waals surface area contributed by atoms with E-state index in [-0.39, 0.29) is 18.5 Å². The lowest BCUT2D eigenvalue weighted by atomic mass is 10.2. The highest BCUT2D eigenvalue weighted by Crippen LogP contribution is 2.05. The molecule has 0 aliphatic heterocycles. The summed E-state index contributed by atoms with van der Waals surface area (Å²) in [6, 6.07) is 0. The highest BCUT2D eigenvalue weighted by atomic mass is 16.6. The standard InChI is InChI=1S/C8H17N3O2/c1-8(2,3)13-6(12)5-11-7(9)10-4/h5H2,1-4H3,(H3,9,10,11). The molecule has 0 bridgehead atoms. The molecule has 0 aromatic rings. The van der Waals surface area contributed by atoms with Gasteiger partial charge in [-0.1, -0.05) is 0 Å². The third kappa shape index (κ3) is 7.11. The minimum Gasteiger partial charge on any atom is -0.459 e. The Morgan fingerprint density at radius 2 is 2.00 bits per heavy atom. The first-order valence-corrected chi connectivity index (χ1v) is 4.07. The van der Waals surface area contributed by atoms with E-state index in [2.05, 4.69) is 10.6 Å². The van der Waals surface area contributed by atoms with Crippen molar-refractivity contribution in [2.75, 3.05) is 13.6 Å². The molecule has 0 aliphatic carbocycles. The molecule has 0 fully saturated rings. The number of esters is 1. The summed E-state index contributed by atoms with van der Waals surface area (Å²) in [5, 5.41) is 12.2. The highest BCUT2D eigenvalue weighted by molar-refractivity contribution is 5.82. The minimum atomic E-state index is -0.472. The third-order valence-electron chi connectivity index (χ3n) is 1.08. The van der Waals surface area contributed by atoms with E-state index >= 15 is 0 Å². The molecule has 0 unspecified atom stereocenters. The van der Waals surface area contributed by atoms with Gasteiger partial charge in [-0.3, -0.25) is 10.2 Å². The maximum atomic E-state index is 11.1. The van der Waals surface area contributed by atoms with Gasteiger partial charge in [-0.15, -0.1) is 0 Å². The SMILES string of the molecule is CNC(=N)NCC(=O)OC(C)(C)C. The number of rotatable bonds is 2. The summed E-state index contributed by atoms with van der Waals surface area (Å²) in [6.45, 7) is 5.41. The van der Waals surface area contributed by atoms with E-state index < -0.39 is 5.60 Å². The first-order chi connectivity index (χ1) is 5.85. The summed E-state index contributed by atoms with van der Waals surface area (Å²) in [4.78, 5) is 11.1. The highest BCUT2D eigenvalue weighted by Gasteiger charge is 2.15. The van der Waals surface area contributed by atoms with E-state index in [4.69, 9.17) is 10.1 Å². The van der Waals surface area contributed by atoms with E-state index in [9.17, 15) is 4.79 Å². The molecule has 0 radical (unpaired) electrons. The van der Waals surface area contributed by atoms with Gasteiger partial charge in [0.15, 0.2) is 5.96 Å². The van der Waals surface area contributed by atoms with Crippen LogP contribution < -0.4 is 10.6 Å². The van der Waals surface area contributed by atoms with Gasteiger partial charge in [-0.25, -0.2) is 0 Å². The maximum absolute atomic E-state index is 11.1. The van der Waals surface area contributed by atoms with Crippen molar-refractivity contribution >= 4 is 11.9 Å². The Kier molecular flexibility index (Phi) is 4.23. The van der Waals surface area contributed by atoms with E-state index in [1.54, 1.807) is 27.8 Å². The smallest absolute Gasteiger partial charge is 0.325 e. The van der Waals surface area contributed by atoms with Crippen molar-refractivity contribution in [2.45, 2.75) is 26.4 Å². The summed E-state index contributed by atoms with van der Waals surface area (Å²) < 4.78 is 5.01. The molecular weight excluding hydrogens is 170 g/mol. The molecule has 3 N–H and O–H groups in total. The molecule has 0 amide bonds. The van der Waals surface area contributed by atoms with Crippen molar-refractivity contribution in [2.24, 2.45) is 0 Å². The molecule has 0 saturated heterocycles. The first kappa shape index (κ1) is 11.7. The summed E-state index contributed by atoms with van der Waals surface area (Å²) in [6.07, 6.45) is 0. The Morgan fingerprint density at radius 1 is 1.46 bits per heavy atom. The van der Waals surface area contributed by atoms with Gasteiger partial charge >= 0.3 is 5.97 Å². The predicted molar refractivity (Wildman–Crippen MR) is 50.6 cm³/mol. The summed E-state index contributed by atoms with van der Waals surface area (Å²) in [5.41, 5.74) is -0.472. The zero-order valence-corrected chi connectivity index (χ0v) is 8.52. The second-order valence-electron chi connectivity index (χ2n) is 3.56. The molecule has 0 aliphatic rings. The van der Waals surface area contributed by atoms with Crippen LogP contribution in [-0.2, 0) is 9.53 Å². The fourth-order valence-corrected chi connectivity index (χ4v) is 0.627. The first-order valence-electron chi connectivity index (χ1n) is 4.07. The lowest BCUT2D eigenvalue weighted by Crippen LogP contribution is -2.39. The van der Waals surface area contributed by atoms with Crippen LogP contribution in [0.5, 0.6) is 0 Å². The normalized spacial score (nSPS) is 10.5. The Balaban J connectivity index is 3.71. The van der Waals surface area contributed by atoms with Gasteiger partial charge in [0.1, 0.15) is 12.1 Å². The van der Waals surface area contributed by atoms with Gasteiger partial charge in [-0.05, 0) is 20.8 Å². The van der Waals surface area contributed by atoms with Crippen LogP contribution >= 0.6 is 0 Å². The number of guanidine groups is 1. The monoisotopic (exact) mass is 187 g/mol. The number of carbonyl (C=O) groups is 1. The van der Waals surface area contributed by atoms with Gasteiger partial charge < -0.3 is 15.4 Å². The average molecular weight is 187 g/mol. The molecule has 0 aromatic heterocycles. The summed E-state index contributed by atoms with van der Waals surface area (Å²) >= 11 is 0. The van der Waals surface area contributed by atoms with Crippen LogP contribution in [0.4, 0.5) is 0 Å². The van der Waals surface area contributed by atoms with E-state index in [0.29, 0.717) is 0 Å². The number of carbonyl (C=O) groups excluding carboxylic acids is 1. The number of ether oxygens (including phenoxy) is 1. The molecule has 0 atom stereocenters. The van der Waals surface area contributed by atoms with Gasteiger partial charge in [0.2, 0.25) is 0 Å². The van der Waals surface area contributed by atoms with Gasteiger partial charge in [-0.2, -0.15) is 0 Å². The van der Waals surface area contributed by atoms with Crippen molar-refractivity contribution in [1.82, 2.24) is 10.6 Å². The third-order valence-corrected chi connectivity index (χ3v) is 1.08. The molecule has 0 rings (SSSR count). The summed E-state index contributed by atoms with van der Waals surface area (Å²) in [7, 11) is 1.60. The molecule has 0 heterocycles. The molecule has 76 valence electrons. The van der Waals surface area contributed by atoms with Gasteiger partial charge in [0, 0.05) is 7.05 Å². The lowest BCUT2D eigenvalue weighted by molar-refractivity contribution is -0.153. The van der Waals surface area contributed by atoms with Crippen molar-refractivity contribution < 1.29 is 9.53 Å². The van der Waals surface area contributed by atoms with E-state index in [1.165, 1.54) is 0 Å². The fraction of sp³-hybridized carbons (Fsp3) is 0.750. The lowest BCUT2D eigenvalue weighted by Gasteiger charge is -2.19. The van der Waals surface area contributed by atoms with Crippen LogP contribution in [0.2, 0.25) is 0 Å². The Labute approximate surface area is 78.4 Å². The Hall–Kier alpha value is -1.26. The van der Waals surface area contributed by atoms with Crippen molar-refractivity contribution in [1.29, 1.82) is 5.41 Å². The molecule has 5 nitrogen and oxygen atoms in total. The predicted octanol–water partition coefficient (Wildman–Crippen LogP) is 0.0719. The zero-order valence-electron chi connectivity index (χ0n) is 8.52. The van der Waals surface area contributed by atoms with Crippen molar-refractivity contribution in [3.63, 3.8) is 0 Å². The average Bonchev–Trinajstić information content (AvgIpc) is 1.97. The Bertz CT molecular complexity index is 196. The number of nitrogens with one attached hydrogen (secondary N) is 3. The van der Waals surface area contributed by atoms with Crippen LogP contribution in [0.25, 0.3) is 0 Å². The van der Waals surface area contributed by atoms with Crippen LogP contribution in [0.1, 0.15) is 20.8 Å². The maximum Gasteiger partial charge on any atom is 0.325 e. The van der Waals surface area contributed by atoms with Crippen LogP contribution in [0.3, 0.4) is 0 Å². The largest absolute Gasteiger partial charge is 0.459 e. The van der Waals surface area contributed by atoms with Crippen molar-refractivity contribution in [3.8, 4) is 0 Å². The molecule has 0 spiro atoms. The van der Waals surface area contributed by atoms with Gasteiger partial charge in [0.25, 0.3) is 0 Å². The quantitative estimate of drug-likeness (QED) is 0.325. The minimum absolute atomic E-state index is 0.0109. The van der Waals surface area contributed by atoms with Crippen LogP contribution in [0, 0.1) is 5.41 Å². The molecule has 0 saturated carbocycles. The fourth-order valence-electron chi connectivity index (χ4n) is 0.627. The molecule has 5 heteroatoms. The number of hydrogen-bond acceptors (Lipinski definition) is 3. The second kappa shape index (κ2) is 4.69. The van der Waals surface area contributed by atoms with E-state index in [1.807, 2.05) is 0 Å². The second-order valence-corrected chi connectivity index (χ2v) is 3.56. The zero-order chi connectivity index (χ0) is 10.5. The number of hydrogen-bond donors (Lipinski definition) is 3. The van der Waals surface area contributed by atoms with Crippen LogP contribution in [-0.4, -0.2) is 31.1 Å².